The van der Waals surface area contributed by atoms with Gasteiger partial charge in [0.15, 0.2) is 0 Å². The Balaban J connectivity index is 1.95. The topological polar surface area (TPSA) is 45.0 Å². The highest BCUT2D eigenvalue weighted by atomic mass is 28.2. The van der Waals surface area contributed by atoms with Gasteiger partial charge in [0, 0.05) is 5.56 Å². The molecular weight excluding hydrogens is 324 g/mol. The number of nitrogens with zero attached hydrogens (tertiary/aromatic N) is 2. The van der Waals surface area contributed by atoms with Crippen molar-refractivity contribution >= 4 is 14.9 Å². The third-order valence-corrected chi connectivity index (χ3v) is 5.87. The summed E-state index contributed by atoms with van der Waals surface area (Å²) in [6.45, 7) is 4.93. The standard InChI is InChI=1S/C21H30N2OSi/c1-3-5-10-17(4-2)15-18-11-9-12-19(21(18)24)16-22-23-25-20-13-7-6-8-14-20/h6-9,11-14,17,24H,3-5,10,15-16,25H2,1-2H3/b23-22+. The Morgan fingerprint density at radius 2 is 1.76 bits per heavy atom. The van der Waals surface area contributed by atoms with E-state index in [-0.39, 0.29) is 0 Å². The summed E-state index contributed by atoms with van der Waals surface area (Å²) in [6.07, 6.45) is 5.84. The quantitative estimate of drug-likeness (QED) is 0.495. The maximum absolute atomic E-state index is 10.6. The van der Waals surface area contributed by atoms with Gasteiger partial charge in [0.25, 0.3) is 0 Å². The highest BCUT2D eigenvalue weighted by molar-refractivity contribution is 6.51. The van der Waals surface area contributed by atoms with Crippen molar-refractivity contribution in [3.63, 3.8) is 0 Å². The molecule has 3 nitrogen and oxygen atoms in total. The summed E-state index contributed by atoms with van der Waals surface area (Å²) in [5, 5.41) is 16.2. The van der Waals surface area contributed by atoms with Crippen molar-refractivity contribution in [3.05, 3.63) is 59.7 Å². The van der Waals surface area contributed by atoms with Gasteiger partial charge in [-0.1, -0.05) is 88.1 Å². The molecule has 0 aliphatic rings. The second kappa shape index (κ2) is 10.8. The van der Waals surface area contributed by atoms with E-state index in [2.05, 4.69) is 35.9 Å². The molecule has 0 saturated heterocycles. The van der Waals surface area contributed by atoms with Crippen LogP contribution >= 0.6 is 0 Å². The molecule has 25 heavy (non-hydrogen) atoms. The summed E-state index contributed by atoms with van der Waals surface area (Å²) in [4.78, 5) is 0. The summed E-state index contributed by atoms with van der Waals surface area (Å²) < 4.78 is 4.38. The number of rotatable bonds is 10. The molecule has 2 rings (SSSR count). The van der Waals surface area contributed by atoms with Crippen molar-refractivity contribution in [2.75, 3.05) is 0 Å². The third kappa shape index (κ3) is 6.46. The van der Waals surface area contributed by atoms with E-state index in [1.54, 1.807) is 0 Å². The molecule has 2 aromatic rings. The maximum atomic E-state index is 10.6. The molecule has 1 atom stereocenters. The summed E-state index contributed by atoms with van der Waals surface area (Å²) in [5.41, 5.74) is 1.93. The number of benzene rings is 2. The van der Waals surface area contributed by atoms with Crippen LogP contribution < -0.4 is 5.19 Å². The Morgan fingerprint density at radius 1 is 1.00 bits per heavy atom. The fraction of sp³-hybridized carbons (Fsp3) is 0.429. The van der Waals surface area contributed by atoms with Gasteiger partial charge in [0.1, 0.15) is 5.75 Å². The molecule has 0 amide bonds. The van der Waals surface area contributed by atoms with E-state index in [1.165, 1.54) is 24.4 Å². The predicted molar refractivity (Wildman–Crippen MR) is 108 cm³/mol. The molecule has 0 aromatic heterocycles. The summed E-state index contributed by atoms with van der Waals surface area (Å²) in [6, 6.07) is 16.3. The zero-order valence-electron chi connectivity index (χ0n) is 15.5. The van der Waals surface area contributed by atoms with Gasteiger partial charge >= 0.3 is 0 Å². The van der Waals surface area contributed by atoms with Crippen molar-refractivity contribution in [1.82, 2.24) is 0 Å². The molecular formula is C21H30N2OSi. The lowest BCUT2D eigenvalue weighted by Gasteiger charge is -2.16. The monoisotopic (exact) mass is 354 g/mol. The number of aromatic hydroxyl groups is 1. The number of unbranched alkanes of at least 4 members (excludes halogenated alkanes) is 1. The average molecular weight is 355 g/mol. The number of hydrogen-bond donors (Lipinski definition) is 1. The van der Waals surface area contributed by atoms with Gasteiger partial charge in [0.05, 0.1) is 6.54 Å². The molecule has 0 bridgehead atoms. The first-order chi connectivity index (χ1) is 12.2. The van der Waals surface area contributed by atoms with Crippen molar-refractivity contribution in [2.45, 2.75) is 52.5 Å². The van der Waals surface area contributed by atoms with Crippen LogP contribution in [-0.2, 0) is 13.0 Å². The van der Waals surface area contributed by atoms with E-state index >= 15 is 0 Å². The van der Waals surface area contributed by atoms with Crippen LogP contribution in [0.2, 0.25) is 0 Å². The lowest BCUT2D eigenvalue weighted by atomic mass is 9.91. The van der Waals surface area contributed by atoms with Crippen LogP contribution in [-0.4, -0.2) is 14.8 Å². The van der Waals surface area contributed by atoms with Crippen molar-refractivity contribution in [3.8, 4) is 5.75 Å². The number of para-hydroxylation sites is 1. The van der Waals surface area contributed by atoms with Gasteiger partial charge in [-0.25, -0.2) is 4.78 Å². The van der Waals surface area contributed by atoms with E-state index in [0.29, 0.717) is 18.2 Å². The predicted octanol–water partition coefficient (Wildman–Crippen LogP) is 4.51. The first-order valence-corrected chi connectivity index (χ1v) is 10.7. The smallest absolute Gasteiger partial charge is 0.209 e. The van der Waals surface area contributed by atoms with Crippen LogP contribution in [0, 0.1) is 5.92 Å². The van der Waals surface area contributed by atoms with E-state index in [0.717, 1.165) is 24.0 Å². The van der Waals surface area contributed by atoms with Crippen LogP contribution in [0.1, 0.15) is 50.7 Å². The number of hydrogen-bond acceptors (Lipinski definition) is 3. The molecule has 4 heteroatoms. The SMILES string of the molecule is CCCCC(CC)Cc1cccc(C/N=N/[SiH2]c2ccccc2)c1O. The molecule has 0 aliphatic carbocycles. The van der Waals surface area contributed by atoms with Crippen LogP contribution in [0.4, 0.5) is 0 Å². The second-order valence-corrected chi connectivity index (χ2v) is 8.05. The van der Waals surface area contributed by atoms with E-state index in [4.69, 9.17) is 0 Å². The molecule has 0 heterocycles. The lowest BCUT2D eigenvalue weighted by Crippen LogP contribution is -2.10. The molecule has 1 unspecified atom stereocenters. The Bertz CT molecular complexity index is 658. The molecule has 0 saturated carbocycles. The van der Waals surface area contributed by atoms with Crippen molar-refractivity contribution in [2.24, 2.45) is 15.8 Å². The van der Waals surface area contributed by atoms with Crippen molar-refractivity contribution in [1.29, 1.82) is 0 Å². The van der Waals surface area contributed by atoms with Gasteiger partial charge in [-0.3, -0.25) is 0 Å². The van der Waals surface area contributed by atoms with Gasteiger partial charge in [-0.05, 0) is 23.1 Å². The molecule has 134 valence electrons. The number of phenolic OH excluding ortho intramolecular Hbond substituents is 1. The molecule has 2 aromatic carbocycles. The largest absolute Gasteiger partial charge is 0.507 e. The van der Waals surface area contributed by atoms with Crippen LogP contribution in [0.15, 0.2) is 58.4 Å². The summed E-state index contributed by atoms with van der Waals surface area (Å²) in [5.74, 6) is 1.06. The summed E-state index contributed by atoms with van der Waals surface area (Å²) >= 11 is 0. The molecule has 0 radical (unpaired) electrons. The fourth-order valence-electron chi connectivity index (χ4n) is 3.03. The third-order valence-electron chi connectivity index (χ3n) is 4.69. The zero-order valence-corrected chi connectivity index (χ0v) is 16.9. The van der Waals surface area contributed by atoms with Crippen molar-refractivity contribution < 1.29 is 5.11 Å². The van der Waals surface area contributed by atoms with Gasteiger partial charge in [-0.2, -0.15) is 5.11 Å². The highest BCUT2D eigenvalue weighted by Crippen LogP contribution is 2.28. The Labute approximate surface area is 154 Å². The first-order valence-electron chi connectivity index (χ1n) is 9.41. The molecule has 0 spiro atoms. The minimum atomic E-state index is -0.704. The van der Waals surface area contributed by atoms with Gasteiger partial charge < -0.3 is 5.11 Å². The maximum Gasteiger partial charge on any atom is 0.209 e. The van der Waals surface area contributed by atoms with Crippen LogP contribution in [0.3, 0.4) is 0 Å². The molecule has 0 aliphatic heterocycles. The Hall–Kier alpha value is -1.94. The van der Waals surface area contributed by atoms with Gasteiger partial charge in [-0.15, -0.1) is 0 Å². The average Bonchev–Trinajstić information content (AvgIpc) is 2.65. The van der Waals surface area contributed by atoms with E-state index in [1.807, 2.05) is 36.4 Å². The highest BCUT2D eigenvalue weighted by Gasteiger charge is 2.12. The minimum Gasteiger partial charge on any atom is -0.507 e. The minimum absolute atomic E-state index is 0.415. The second-order valence-electron chi connectivity index (χ2n) is 6.63. The van der Waals surface area contributed by atoms with E-state index in [9.17, 15) is 5.11 Å². The van der Waals surface area contributed by atoms with Crippen LogP contribution in [0.25, 0.3) is 0 Å². The van der Waals surface area contributed by atoms with Gasteiger partial charge in [0.2, 0.25) is 9.68 Å². The molecule has 1 N–H and O–H groups in total. The number of phenols is 1. The van der Waals surface area contributed by atoms with Crippen LogP contribution in [0.5, 0.6) is 5.75 Å². The Kier molecular flexibility index (Phi) is 8.39. The lowest BCUT2D eigenvalue weighted by molar-refractivity contribution is 0.423. The van der Waals surface area contributed by atoms with E-state index < -0.39 is 9.68 Å². The fourth-order valence-corrected chi connectivity index (χ4v) is 3.88. The normalized spacial score (nSPS) is 13.0. The molecule has 0 fully saturated rings. The first kappa shape index (κ1) is 19.4. The zero-order chi connectivity index (χ0) is 17.9. The Morgan fingerprint density at radius 3 is 2.48 bits per heavy atom. The summed E-state index contributed by atoms with van der Waals surface area (Å²) in [7, 11) is -0.704.